The number of carbonyl (C=O) groups excluding carboxylic acids is 1. The Kier molecular flexibility index (Phi) is 6.70. The number of halogens is 5. The van der Waals surface area contributed by atoms with Crippen molar-refractivity contribution in [1.29, 1.82) is 0 Å². The second kappa shape index (κ2) is 9.13. The maximum absolute atomic E-state index is 14.2. The number of alkyl halides is 5. The van der Waals surface area contributed by atoms with Gasteiger partial charge in [-0.15, -0.1) is 13.2 Å². The highest BCUT2D eigenvalue weighted by Gasteiger charge is 2.41. The predicted octanol–water partition coefficient (Wildman–Crippen LogP) is 4.53. The van der Waals surface area contributed by atoms with Gasteiger partial charge >= 0.3 is 6.36 Å². The van der Waals surface area contributed by atoms with E-state index in [-0.39, 0.29) is 17.5 Å². The molecule has 2 atom stereocenters. The Morgan fingerprint density at radius 1 is 1.16 bits per heavy atom. The quantitative estimate of drug-likeness (QED) is 0.550. The Labute approximate surface area is 180 Å². The van der Waals surface area contributed by atoms with E-state index in [1.165, 1.54) is 6.92 Å². The largest absolute Gasteiger partial charge is 0.573 e. The molecule has 7 nitrogen and oxygen atoms in total. The smallest absolute Gasteiger partial charge is 0.406 e. The topological polar surface area (TPSA) is 88.2 Å². The zero-order valence-corrected chi connectivity index (χ0v) is 17.3. The Balaban J connectivity index is 1.73. The molecule has 1 fully saturated rings. The van der Waals surface area contributed by atoms with Crippen molar-refractivity contribution >= 4 is 23.4 Å². The summed E-state index contributed by atoms with van der Waals surface area (Å²) in [7, 11) is 0. The van der Waals surface area contributed by atoms with Crippen LogP contribution in [0.4, 0.5) is 39.4 Å². The second-order valence-electron chi connectivity index (χ2n) is 7.65. The summed E-state index contributed by atoms with van der Waals surface area (Å²) in [6.07, 6.45) is -4.24. The van der Waals surface area contributed by atoms with Crippen LogP contribution in [0.3, 0.4) is 0 Å². The van der Waals surface area contributed by atoms with E-state index in [0.717, 1.165) is 18.3 Å². The molecular formula is C20H22F5N5O2. The molecule has 1 aliphatic carbocycles. The lowest BCUT2D eigenvalue weighted by atomic mass is 9.87. The number of hydrogen-bond acceptors (Lipinski definition) is 6. The number of nitrogens with one attached hydrogen (secondary N) is 3. The number of carbonyl (C=O) groups is 1. The van der Waals surface area contributed by atoms with Crippen LogP contribution in [0.1, 0.15) is 31.7 Å². The summed E-state index contributed by atoms with van der Waals surface area (Å²) >= 11 is 0. The minimum atomic E-state index is -4.84. The van der Waals surface area contributed by atoms with Crippen molar-refractivity contribution in [3.05, 3.63) is 36.0 Å². The van der Waals surface area contributed by atoms with Crippen molar-refractivity contribution in [2.75, 3.05) is 10.6 Å². The third-order valence-electron chi connectivity index (χ3n) is 4.73. The summed E-state index contributed by atoms with van der Waals surface area (Å²) in [4.78, 5) is 19.6. The summed E-state index contributed by atoms with van der Waals surface area (Å²) < 4.78 is 69.4. The van der Waals surface area contributed by atoms with Crippen LogP contribution in [0.5, 0.6) is 5.75 Å². The first-order valence-corrected chi connectivity index (χ1v) is 9.76. The van der Waals surface area contributed by atoms with E-state index < -0.39 is 43.0 Å². The highest BCUT2D eigenvalue weighted by Crippen LogP contribution is 2.35. The lowest BCUT2D eigenvalue weighted by Crippen LogP contribution is -2.48. The average molecular weight is 459 g/mol. The molecule has 1 amide bonds. The first-order valence-electron chi connectivity index (χ1n) is 9.76. The number of pyridine rings is 2. The van der Waals surface area contributed by atoms with Gasteiger partial charge in [-0.3, -0.25) is 4.79 Å². The molecule has 0 radical (unpaired) electrons. The average Bonchev–Trinajstić information content (AvgIpc) is 2.61. The number of nitrogens with zero attached hydrogens (tertiary/aromatic N) is 2. The van der Waals surface area contributed by atoms with Crippen molar-refractivity contribution in [2.45, 2.75) is 57.5 Å². The minimum Gasteiger partial charge on any atom is -0.406 e. The fraction of sp³-hybridized carbons (Fsp3) is 0.450. The van der Waals surface area contributed by atoms with E-state index in [2.05, 4.69) is 30.7 Å². The molecule has 2 aromatic heterocycles. The van der Waals surface area contributed by atoms with E-state index >= 15 is 0 Å². The number of amides is 1. The van der Waals surface area contributed by atoms with Crippen LogP contribution in [0, 0.1) is 6.92 Å². The summed E-state index contributed by atoms with van der Waals surface area (Å²) in [5.41, 5.74) is 0.683. The van der Waals surface area contributed by atoms with Crippen molar-refractivity contribution < 1.29 is 31.5 Å². The maximum atomic E-state index is 14.2. The van der Waals surface area contributed by atoms with E-state index in [9.17, 15) is 26.7 Å². The van der Waals surface area contributed by atoms with E-state index in [1.807, 2.05) is 0 Å². The molecule has 2 heterocycles. The van der Waals surface area contributed by atoms with Crippen LogP contribution >= 0.6 is 0 Å². The molecule has 12 heteroatoms. The van der Waals surface area contributed by atoms with Crippen molar-refractivity contribution in [3.63, 3.8) is 0 Å². The van der Waals surface area contributed by atoms with Gasteiger partial charge in [0.25, 0.3) is 5.92 Å². The number of hydrogen-bond donors (Lipinski definition) is 3. The molecule has 1 saturated carbocycles. The molecule has 0 unspecified atom stereocenters. The Morgan fingerprint density at radius 2 is 1.88 bits per heavy atom. The van der Waals surface area contributed by atoms with Crippen LogP contribution in [0.2, 0.25) is 0 Å². The molecule has 0 spiro atoms. The van der Waals surface area contributed by atoms with E-state index in [4.69, 9.17) is 0 Å². The van der Waals surface area contributed by atoms with Crippen LogP contribution in [0.15, 0.2) is 30.5 Å². The van der Waals surface area contributed by atoms with Gasteiger partial charge in [0, 0.05) is 44.1 Å². The summed E-state index contributed by atoms with van der Waals surface area (Å²) in [6.45, 7) is 3.01. The number of aryl methyl sites for hydroxylation is 1. The van der Waals surface area contributed by atoms with Crippen molar-refractivity contribution in [3.8, 4) is 5.75 Å². The van der Waals surface area contributed by atoms with Gasteiger partial charge in [0.05, 0.1) is 0 Å². The fourth-order valence-electron chi connectivity index (χ4n) is 3.57. The molecule has 3 rings (SSSR count). The first-order chi connectivity index (χ1) is 14.9. The molecule has 174 valence electrons. The number of ether oxygens (including phenoxy) is 1. The standard InChI is InChI=1S/C20H22F5N5O2/c1-11-3-4-16(29-17-8-15(5-6-26-17)32-20(23,24)25)30-18(11)28-14-7-13(27-12(2)31)9-19(21,22)10-14/h3-6,8,13-14H,7,9-10H2,1-2H3,(H,27,31)(H2,26,28,29,30)/t13-,14+/m1/s1. The van der Waals surface area contributed by atoms with Crippen LogP contribution in [0.25, 0.3) is 0 Å². The number of aromatic nitrogens is 2. The monoisotopic (exact) mass is 459 g/mol. The fourth-order valence-corrected chi connectivity index (χ4v) is 3.57. The Morgan fingerprint density at radius 3 is 2.56 bits per heavy atom. The molecule has 2 aromatic rings. The van der Waals surface area contributed by atoms with Crippen LogP contribution in [-0.4, -0.2) is 40.2 Å². The summed E-state index contributed by atoms with van der Waals surface area (Å²) in [6, 6.07) is 4.06. The Hall–Kier alpha value is -3.18. The molecule has 0 saturated heterocycles. The highest BCUT2D eigenvalue weighted by molar-refractivity contribution is 5.73. The normalized spacial score (nSPS) is 20.3. The molecule has 1 aliphatic rings. The van der Waals surface area contributed by atoms with E-state index in [0.29, 0.717) is 17.8 Å². The zero-order valence-electron chi connectivity index (χ0n) is 17.3. The predicted molar refractivity (Wildman–Crippen MR) is 107 cm³/mol. The minimum absolute atomic E-state index is 0.0592. The number of anilines is 3. The molecule has 0 aromatic carbocycles. The molecule has 0 aliphatic heterocycles. The summed E-state index contributed by atoms with van der Waals surface area (Å²) in [5.74, 6) is -3.14. The van der Waals surface area contributed by atoms with Gasteiger partial charge in [0.1, 0.15) is 23.2 Å². The summed E-state index contributed by atoms with van der Waals surface area (Å²) in [5, 5.41) is 8.31. The van der Waals surface area contributed by atoms with Gasteiger partial charge in [-0.25, -0.2) is 18.7 Å². The maximum Gasteiger partial charge on any atom is 0.573 e. The first kappa shape index (κ1) is 23.5. The van der Waals surface area contributed by atoms with Gasteiger partial charge < -0.3 is 20.7 Å². The van der Waals surface area contributed by atoms with Gasteiger partial charge in [0.15, 0.2) is 0 Å². The lowest BCUT2D eigenvalue weighted by Gasteiger charge is -2.35. The third kappa shape index (κ3) is 6.92. The van der Waals surface area contributed by atoms with Crippen LogP contribution < -0.4 is 20.7 Å². The van der Waals surface area contributed by atoms with Crippen molar-refractivity contribution in [1.82, 2.24) is 15.3 Å². The van der Waals surface area contributed by atoms with Crippen molar-refractivity contribution in [2.24, 2.45) is 0 Å². The zero-order chi connectivity index (χ0) is 23.5. The lowest BCUT2D eigenvalue weighted by molar-refractivity contribution is -0.274. The molecule has 0 bridgehead atoms. The second-order valence-corrected chi connectivity index (χ2v) is 7.65. The van der Waals surface area contributed by atoms with Gasteiger partial charge in [-0.05, 0) is 31.0 Å². The van der Waals surface area contributed by atoms with E-state index in [1.54, 1.807) is 19.1 Å². The van der Waals surface area contributed by atoms with Gasteiger partial charge in [0.2, 0.25) is 5.91 Å². The number of rotatable bonds is 6. The molecule has 32 heavy (non-hydrogen) atoms. The highest BCUT2D eigenvalue weighted by atomic mass is 19.4. The third-order valence-corrected chi connectivity index (χ3v) is 4.73. The van der Waals surface area contributed by atoms with Crippen LogP contribution in [-0.2, 0) is 4.79 Å². The molecule has 3 N–H and O–H groups in total. The van der Waals surface area contributed by atoms with Gasteiger partial charge in [-0.1, -0.05) is 6.07 Å². The molecular weight excluding hydrogens is 437 g/mol. The van der Waals surface area contributed by atoms with Gasteiger partial charge in [-0.2, -0.15) is 0 Å². The SMILES string of the molecule is CC(=O)N[C@@H]1C[C@H](Nc2nc(Nc3cc(OC(F)(F)F)ccn3)ccc2C)CC(F)(F)C1. The Bertz CT molecular complexity index is 970.